The molecule has 1 rings (SSSR count). The van der Waals surface area contributed by atoms with Crippen molar-refractivity contribution in [2.75, 3.05) is 0 Å². The lowest BCUT2D eigenvalue weighted by Gasteiger charge is -1.94. The predicted octanol–water partition coefficient (Wildman–Crippen LogP) is 1.94. The molecule has 6 heteroatoms. The molecule has 0 fully saturated rings. The number of carbonyl (C=O) groups is 1. The van der Waals surface area contributed by atoms with Gasteiger partial charge in [-0.15, -0.1) is 0 Å². The topological polar surface area (TPSA) is 84.8 Å². The minimum atomic E-state index is -1.33. The molecule has 1 N–H and O–H groups in total. The summed E-state index contributed by atoms with van der Waals surface area (Å²) in [6.45, 7) is 6.62. The second-order valence-corrected chi connectivity index (χ2v) is 2.80. The number of rotatable bonds is 3. The largest absolute Gasteiger partial charge is 0.486 e. The first-order chi connectivity index (χ1) is 7.54. The maximum atomic E-state index is 10.5. The summed E-state index contributed by atoms with van der Waals surface area (Å²) in [5, 5.41) is 18.9. The van der Waals surface area contributed by atoms with Gasteiger partial charge in [-0.05, 0) is 23.8 Å². The Morgan fingerprint density at radius 1 is 1.44 bits per heavy atom. The van der Waals surface area contributed by atoms with Crippen molar-refractivity contribution in [2.24, 2.45) is 0 Å². The Hall–Kier alpha value is -2.68. The molecule has 80 valence electrons. The SMILES string of the molecule is [C-]#[N+]/C(=C\c1ccc([N+](=O)[O-])cc1)C(=O)O. The van der Waals surface area contributed by atoms with Crippen LogP contribution < -0.4 is 0 Å². The third-order valence-corrected chi connectivity index (χ3v) is 1.75. The van der Waals surface area contributed by atoms with Crippen molar-refractivity contribution in [1.29, 1.82) is 0 Å². The number of hydrogen-bond donors (Lipinski definition) is 1. The Morgan fingerprint density at radius 2 is 2.00 bits per heavy atom. The fraction of sp³-hybridized carbons (Fsp3) is 0. The maximum Gasteiger partial charge on any atom is 0.333 e. The molecule has 0 heterocycles. The molecule has 16 heavy (non-hydrogen) atoms. The molecule has 0 bridgehead atoms. The van der Waals surface area contributed by atoms with Crippen LogP contribution in [0, 0.1) is 16.7 Å². The van der Waals surface area contributed by atoms with Crippen LogP contribution >= 0.6 is 0 Å². The molecule has 1 aromatic carbocycles. The molecule has 0 aromatic heterocycles. The highest BCUT2D eigenvalue weighted by molar-refractivity contribution is 5.94. The van der Waals surface area contributed by atoms with Crippen LogP contribution in [0.2, 0.25) is 0 Å². The second kappa shape index (κ2) is 4.70. The first kappa shape index (κ1) is 11.4. The standard InChI is InChI=1S/C10H6N2O4/c1-11-9(10(13)14)6-7-2-4-8(5-3-7)12(15)16/h2-6H,(H,13,14)/b9-6-. The average Bonchev–Trinajstić information content (AvgIpc) is 2.26. The van der Waals surface area contributed by atoms with Gasteiger partial charge in [0.25, 0.3) is 11.4 Å². The second-order valence-electron chi connectivity index (χ2n) is 2.80. The van der Waals surface area contributed by atoms with Gasteiger partial charge in [-0.1, -0.05) is 0 Å². The van der Waals surface area contributed by atoms with Crippen LogP contribution in [0.25, 0.3) is 10.9 Å². The highest BCUT2D eigenvalue weighted by atomic mass is 16.6. The van der Waals surface area contributed by atoms with Crippen molar-refractivity contribution in [1.82, 2.24) is 0 Å². The number of carboxylic acid groups (broad SMARTS) is 1. The highest BCUT2D eigenvalue weighted by Gasteiger charge is 2.07. The molecule has 1 aromatic rings. The Labute approximate surface area is 90.4 Å². The van der Waals surface area contributed by atoms with Crippen molar-refractivity contribution in [3.63, 3.8) is 0 Å². The van der Waals surface area contributed by atoms with Crippen molar-refractivity contribution in [3.05, 3.63) is 57.1 Å². The van der Waals surface area contributed by atoms with E-state index in [2.05, 4.69) is 4.85 Å². The molecular formula is C10H6N2O4. The smallest absolute Gasteiger partial charge is 0.333 e. The Kier molecular flexibility index (Phi) is 3.35. The van der Waals surface area contributed by atoms with Crippen LogP contribution in [0.1, 0.15) is 5.56 Å². The summed E-state index contributed by atoms with van der Waals surface area (Å²) in [5.41, 5.74) is -0.0929. The van der Waals surface area contributed by atoms with E-state index in [1.165, 1.54) is 24.3 Å². The number of non-ortho nitro benzene ring substituents is 1. The normalized spacial score (nSPS) is 10.6. The number of nitro benzene ring substituents is 1. The quantitative estimate of drug-likeness (QED) is 0.363. The molecular weight excluding hydrogens is 212 g/mol. The van der Waals surface area contributed by atoms with Crippen LogP contribution in [0.15, 0.2) is 30.0 Å². The number of carboxylic acids is 1. The van der Waals surface area contributed by atoms with E-state index >= 15 is 0 Å². The van der Waals surface area contributed by atoms with E-state index in [4.69, 9.17) is 11.7 Å². The lowest BCUT2D eigenvalue weighted by molar-refractivity contribution is -0.384. The summed E-state index contributed by atoms with van der Waals surface area (Å²) in [4.78, 5) is 23.1. The van der Waals surface area contributed by atoms with Gasteiger partial charge in [0.2, 0.25) is 0 Å². The predicted molar refractivity (Wildman–Crippen MR) is 55.3 cm³/mol. The van der Waals surface area contributed by atoms with Crippen LogP contribution in [0.4, 0.5) is 5.69 Å². The van der Waals surface area contributed by atoms with Gasteiger partial charge >= 0.3 is 5.97 Å². The lowest BCUT2D eigenvalue weighted by Crippen LogP contribution is -1.95. The highest BCUT2D eigenvalue weighted by Crippen LogP contribution is 2.14. The van der Waals surface area contributed by atoms with Crippen molar-refractivity contribution in [2.45, 2.75) is 0 Å². The number of benzene rings is 1. The monoisotopic (exact) mass is 218 g/mol. The van der Waals surface area contributed by atoms with Gasteiger partial charge in [0.15, 0.2) is 0 Å². The molecule has 0 saturated heterocycles. The Morgan fingerprint density at radius 3 is 2.38 bits per heavy atom. The minimum absolute atomic E-state index is 0.0863. The fourth-order valence-corrected chi connectivity index (χ4v) is 0.992. The summed E-state index contributed by atoms with van der Waals surface area (Å²) in [6, 6.07) is 5.25. The van der Waals surface area contributed by atoms with Gasteiger partial charge in [-0.25, -0.2) is 4.85 Å². The van der Waals surface area contributed by atoms with Crippen molar-refractivity contribution in [3.8, 4) is 0 Å². The number of nitro groups is 1. The molecule has 0 saturated carbocycles. The van der Waals surface area contributed by atoms with Gasteiger partial charge in [0, 0.05) is 12.1 Å². The van der Waals surface area contributed by atoms with E-state index in [0.717, 1.165) is 6.08 Å². The molecule has 0 aliphatic rings. The van der Waals surface area contributed by atoms with Crippen molar-refractivity contribution < 1.29 is 14.8 Å². The molecule has 0 amide bonds. The fourth-order valence-electron chi connectivity index (χ4n) is 0.992. The van der Waals surface area contributed by atoms with E-state index in [1.807, 2.05) is 0 Å². The Bertz CT molecular complexity index is 497. The van der Waals surface area contributed by atoms with E-state index in [1.54, 1.807) is 0 Å². The zero-order chi connectivity index (χ0) is 12.1. The summed E-state index contributed by atoms with van der Waals surface area (Å²) in [6.07, 6.45) is 1.15. The van der Waals surface area contributed by atoms with Crippen LogP contribution in [-0.2, 0) is 4.79 Å². The summed E-state index contributed by atoms with van der Waals surface area (Å²) in [5.74, 6) is -1.33. The van der Waals surface area contributed by atoms with Gasteiger partial charge in [-0.2, -0.15) is 0 Å². The minimum Gasteiger partial charge on any atom is -0.486 e. The Balaban J connectivity index is 3.04. The van der Waals surface area contributed by atoms with Crippen LogP contribution in [-0.4, -0.2) is 16.0 Å². The van der Waals surface area contributed by atoms with E-state index in [9.17, 15) is 14.9 Å². The molecule has 0 radical (unpaired) electrons. The maximum absolute atomic E-state index is 10.5. The number of aliphatic carboxylic acids is 1. The lowest BCUT2D eigenvalue weighted by atomic mass is 10.2. The zero-order valence-corrected chi connectivity index (χ0v) is 7.95. The average molecular weight is 218 g/mol. The third kappa shape index (κ3) is 2.65. The third-order valence-electron chi connectivity index (χ3n) is 1.75. The number of hydrogen-bond acceptors (Lipinski definition) is 3. The molecule has 0 unspecified atom stereocenters. The van der Waals surface area contributed by atoms with Gasteiger partial charge in [0.05, 0.1) is 11.5 Å². The molecule has 0 aliphatic carbocycles. The van der Waals surface area contributed by atoms with Gasteiger partial charge < -0.3 is 5.11 Å². The molecule has 0 spiro atoms. The first-order valence-electron chi connectivity index (χ1n) is 4.11. The zero-order valence-electron chi connectivity index (χ0n) is 7.95. The first-order valence-corrected chi connectivity index (χ1v) is 4.11. The van der Waals surface area contributed by atoms with Gasteiger partial charge in [-0.3, -0.25) is 14.9 Å². The summed E-state index contributed by atoms with van der Waals surface area (Å²) >= 11 is 0. The van der Waals surface area contributed by atoms with Crippen molar-refractivity contribution >= 4 is 17.7 Å². The number of nitrogens with zero attached hydrogens (tertiary/aromatic N) is 2. The molecule has 0 atom stereocenters. The van der Waals surface area contributed by atoms with Gasteiger partial charge in [0.1, 0.15) is 0 Å². The van der Waals surface area contributed by atoms with E-state index in [0.29, 0.717) is 5.56 Å². The van der Waals surface area contributed by atoms with E-state index < -0.39 is 16.6 Å². The van der Waals surface area contributed by atoms with E-state index in [-0.39, 0.29) is 5.69 Å². The molecule has 6 nitrogen and oxygen atoms in total. The van der Waals surface area contributed by atoms with Crippen LogP contribution in [0.5, 0.6) is 0 Å². The van der Waals surface area contributed by atoms with Crippen LogP contribution in [0.3, 0.4) is 0 Å². The molecule has 0 aliphatic heterocycles. The summed E-state index contributed by atoms with van der Waals surface area (Å²) < 4.78 is 0. The summed E-state index contributed by atoms with van der Waals surface area (Å²) in [7, 11) is 0.